The standard InChI is InChI=1S/CH3ClO2S.2CH4O3S.2B.2H2O/c3*1-5(2,3)4;;;;/h1H3;2*1H3,(H,2,3,4);;;2*1H2. The molecule has 16 heteroatoms. The van der Waals surface area contributed by atoms with Crippen LogP contribution >= 0.6 is 10.7 Å². The Hall–Kier alpha value is 0.110. The van der Waals surface area contributed by atoms with Crippen molar-refractivity contribution in [1.29, 1.82) is 0 Å². The third-order valence-electron chi connectivity index (χ3n) is 0. The van der Waals surface area contributed by atoms with E-state index in [4.69, 9.17) is 9.11 Å². The van der Waals surface area contributed by atoms with Gasteiger partial charge in [0.1, 0.15) is 0 Å². The van der Waals surface area contributed by atoms with Crippen LogP contribution in [0.4, 0.5) is 0 Å². The Morgan fingerprint density at radius 3 is 0.684 bits per heavy atom. The van der Waals surface area contributed by atoms with Crippen LogP contribution in [0.25, 0.3) is 0 Å². The molecular formula is C3H15B2ClO10S3. The lowest BCUT2D eigenvalue weighted by molar-refractivity contribution is 0.488. The van der Waals surface area contributed by atoms with Crippen molar-refractivity contribution >= 4 is 56.8 Å². The van der Waals surface area contributed by atoms with Crippen LogP contribution in [0.3, 0.4) is 0 Å². The van der Waals surface area contributed by atoms with Gasteiger partial charge < -0.3 is 11.0 Å². The van der Waals surface area contributed by atoms with Gasteiger partial charge in [0.15, 0.2) is 0 Å². The van der Waals surface area contributed by atoms with Crippen LogP contribution in [0.5, 0.6) is 0 Å². The smallest absolute Gasteiger partial charge is 0.261 e. The minimum Gasteiger partial charge on any atom is -0.412 e. The zero-order valence-corrected chi connectivity index (χ0v) is 13.3. The first-order valence-corrected chi connectivity index (χ1v) is 9.16. The van der Waals surface area contributed by atoms with Crippen LogP contribution < -0.4 is 0 Å². The number of hydrogen-bond acceptors (Lipinski definition) is 6. The van der Waals surface area contributed by atoms with Crippen molar-refractivity contribution < 1.29 is 45.3 Å². The summed E-state index contributed by atoms with van der Waals surface area (Å²) in [6.45, 7) is 0. The van der Waals surface area contributed by atoms with Crippen LogP contribution in [0, 0.1) is 0 Å². The van der Waals surface area contributed by atoms with E-state index in [2.05, 4.69) is 10.7 Å². The number of rotatable bonds is 0. The molecule has 10 nitrogen and oxygen atoms in total. The van der Waals surface area contributed by atoms with Crippen LogP contribution in [0.1, 0.15) is 0 Å². The molecular weight excluding hydrogens is 349 g/mol. The first-order valence-electron chi connectivity index (χ1n) is 2.74. The van der Waals surface area contributed by atoms with E-state index in [0.29, 0.717) is 12.5 Å². The fraction of sp³-hybridized carbons (Fsp3) is 1.00. The highest BCUT2D eigenvalue weighted by molar-refractivity contribution is 8.13. The molecule has 0 amide bonds. The molecule has 0 aromatic carbocycles. The Morgan fingerprint density at radius 1 is 0.684 bits per heavy atom. The molecule has 0 fully saturated rings. The molecule has 0 unspecified atom stereocenters. The first-order chi connectivity index (χ1) is 6.00. The summed E-state index contributed by atoms with van der Waals surface area (Å²) in [7, 11) is -6.03. The second-order valence-electron chi connectivity index (χ2n) is 2.15. The van der Waals surface area contributed by atoms with Crippen LogP contribution in [0.2, 0.25) is 0 Å². The van der Waals surface area contributed by atoms with Crippen molar-refractivity contribution in [2.24, 2.45) is 0 Å². The van der Waals surface area contributed by atoms with Crippen LogP contribution in [-0.4, -0.2) is 80.9 Å². The van der Waals surface area contributed by atoms with E-state index in [1.54, 1.807) is 0 Å². The van der Waals surface area contributed by atoms with Crippen molar-refractivity contribution in [3.63, 3.8) is 0 Å². The molecule has 0 saturated heterocycles. The maximum atomic E-state index is 9.40. The van der Waals surface area contributed by atoms with E-state index >= 15 is 0 Å². The molecule has 0 aromatic rings. The lowest BCUT2D eigenvalue weighted by Crippen LogP contribution is -1.88. The van der Waals surface area contributed by atoms with Crippen molar-refractivity contribution in [1.82, 2.24) is 0 Å². The second-order valence-corrected chi connectivity index (χ2v) is 8.12. The predicted molar refractivity (Wildman–Crippen MR) is 74.4 cm³/mol. The largest absolute Gasteiger partial charge is 0.412 e. The summed E-state index contributed by atoms with van der Waals surface area (Å²) in [5.74, 6) is 0. The molecule has 0 aliphatic carbocycles. The highest BCUT2D eigenvalue weighted by Crippen LogP contribution is 1.83. The van der Waals surface area contributed by atoms with E-state index in [9.17, 15) is 25.3 Å². The molecule has 0 saturated carbocycles. The van der Waals surface area contributed by atoms with E-state index in [1.165, 1.54) is 0 Å². The molecule has 0 aromatic heterocycles. The third kappa shape index (κ3) is 389000. The van der Waals surface area contributed by atoms with Gasteiger partial charge in [0.05, 0.1) is 18.8 Å². The summed E-state index contributed by atoms with van der Waals surface area (Å²) in [6.07, 6.45) is 2.36. The lowest BCUT2D eigenvalue weighted by atomic mass is 10.8. The summed E-state index contributed by atoms with van der Waals surface area (Å²) in [6, 6.07) is 0. The van der Waals surface area contributed by atoms with Crippen LogP contribution in [-0.2, 0) is 29.3 Å². The summed E-state index contributed by atoms with van der Waals surface area (Å²) in [5.41, 5.74) is 0. The normalized spacial score (nSPS) is 9.16. The van der Waals surface area contributed by atoms with Crippen molar-refractivity contribution in [2.45, 2.75) is 0 Å². The minimum atomic E-state index is -3.67. The fourth-order valence-electron chi connectivity index (χ4n) is 0. The zero-order valence-electron chi connectivity index (χ0n) is 10.1. The molecule has 118 valence electrons. The zero-order chi connectivity index (χ0) is 13.5. The van der Waals surface area contributed by atoms with Gasteiger partial charge in [0.2, 0.25) is 9.05 Å². The van der Waals surface area contributed by atoms with Gasteiger partial charge in [-0.05, 0) is 0 Å². The molecule has 6 radical (unpaired) electrons. The molecule has 0 aliphatic rings. The number of halogens is 1. The molecule has 0 spiro atoms. The third-order valence-corrected chi connectivity index (χ3v) is 0. The molecule has 0 rings (SSSR count). The predicted octanol–water partition coefficient (Wildman–Crippen LogP) is -3.22. The van der Waals surface area contributed by atoms with E-state index in [1.807, 2.05) is 0 Å². The van der Waals surface area contributed by atoms with E-state index < -0.39 is 29.3 Å². The van der Waals surface area contributed by atoms with E-state index in [-0.39, 0.29) is 27.8 Å². The quantitative estimate of drug-likeness (QED) is 0.253. The van der Waals surface area contributed by atoms with Crippen molar-refractivity contribution in [3.8, 4) is 0 Å². The Balaban J connectivity index is -0.0000000206. The van der Waals surface area contributed by atoms with E-state index in [0.717, 1.165) is 6.26 Å². The molecule has 6 N–H and O–H groups in total. The van der Waals surface area contributed by atoms with Gasteiger partial charge in [-0.25, -0.2) is 8.42 Å². The molecule has 19 heavy (non-hydrogen) atoms. The number of hydrogen-bond donors (Lipinski definition) is 2. The van der Waals surface area contributed by atoms with Gasteiger partial charge >= 0.3 is 0 Å². The average Bonchev–Trinajstić information content (AvgIpc) is 1.41. The maximum absolute atomic E-state index is 9.40. The fourth-order valence-corrected chi connectivity index (χ4v) is 0. The second kappa shape index (κ2) is 16.2. The monoisotopic (exact) mass is 364 g/mol. The molecule has 0 atom stereocenters. The van der Waals surface area contributed by atoms with Gasteiger partial charge in [0, 0.05) is 27.5 Å². The summed E-state index contributed by atoms with van der Waals surface area (Å²) >= 11 is 0. The minimum absolute atomic E-state index is 0. The Bertz CT molecular complexity index is 357. The van der Waals surface area contributed by atoms with Crippen molar-refractivity contribution in [3.05, 3.63) is 0 Å². The Morgan fingerprint density at radius 2 is 0.684 bits per heavy atom. The van der Waals surface area contributed by atoms with Gasteiger partial charge in [-0.1, -0.05) is 0 Å². The van der Waals surface area contributed by atoms with Crippen molar-refractivity contribution in [2.75, 3.05) is 18.8 Å². The van der Waals surface area contributed by atoms with Crippen LogP contribution in [0.15, 0.2) is 0 Å². The Labute approximate surface area is 121 Å². The van der Waals surface area contributed by atoms with Gasteiger partial charge in [-0.2, -0.15) is 16.8 Å². The van der Waals surface area contributed by atoms with Gasteiger partial charge in [-0.3, -0.25) is 9.11 Å². The maximum Gasteiger partial charge on any atom is 0.261 e. The summed E-state index contributed by atoms with van der Waals surface area (Å²) in [4.78, 5) is 0. The highest BCUT2D eigenvalue weighted by Gasteiger charge is 1.84. The van der Waals surface area contributed by atoms with Gasteiger partial charge in [-0.15, -0.1) is 0 Å². The summed E-state index contributed by atoms with van der Waals surface area (Å²) < 4.78 is 70.5. The summed E-state index contributed by atoms with van der Waals surface area (Å²) in [5, 5.41) is 0. The van der Waals surface area contributed by atoms with Gasteiger partial charge in [0.25, 0.3) is 20.2 Å². The average molecular weight is 364 g/mol. The first kappa shape index (κ1) is 42.7. The molecule has 0 bridgehead atoms. The Kier molecular flexibility index (Phi) is 36.4. The SMILES string of the molecule is CS(=O)(=O)Cl.CS(=O)(=O)O.CS(=O)(=O)O.O.O.[B].[B]. The lowest BCUT2D eigenvalue weighted by Gasteiger charge is -1.69. The molecule has 0 aliphatic heterocycles. The topological polar surface area (TPSA) is 206 Å². The molecule has 0 heterocycles. The highest BCUT2D eigenvalue weighted by atomic mass is 35.7.